The zero-order valence-electron chi connectivity index (χ0n) is 16.7. The zero-order valence-corrected chi connectivity index (χ0v) is 16.7. The summed E-state index contributed by atoms with van der Waals surface area (Å²) in [6, 6.07) is 14.6. The Morgan fingerprint density at radius 3 is 2.42 bits per heavy atom. The van der Waals surface area contributed by atoms with Gasteiger partial charge in [0.15, 0.2) is 0 Å². The van der Waals surface area contributed by atoms with E-state index in [1.165, 1.54) is 35.4 Å². The summed E-state index contributed by atoms with van der Waals surface area (Å²) >= 11 is 0. The fourth-order valence-corrected chi connectivity index (χ4v) is 3.64. The van der Waals surface area contributed by atoms with E-state index in [0.29, 0.717) is 23.7 Å². The summed E-state index contributed by atoms with van der Waals surface area (Å²) in [5, 5.41) is 10.9. The van der Waals surface area contributed by atoms with Crippen molar-refractivity contribution in [3.8, 4) is 5.75 Å². The van der Waals surface area contributed by atoms with Crippen LogP contribution in [0.2, 0.25) is 0 Å². The van der Waals surface area contributed by atoms with Crippen LogP contribution >= 0.6 is 0 Å². The molecular weight excluding hydrogens is 401 g/mol. The molecule has 7 heteroatoms. The van der Waals surface area contributed by atoms with Gasteiger partial charge in [-0.05, 0) is 61.0 Å². The Morgan fingerprint density at radius 1 is 1.10 bits per heavy atom. The number of likely N-dealkylation sites (tertiary alicyclic amines) is 1. The van der Waals surface area contributed by atoms with Crippen LogP contribution in [0.15, 0.2) is 76.9 Å². The maximum absolute atomic E-state index is 13.3. The van der Waals surface area contributed by atoms with E-state index in [9.17, 15) is 19.1 Å². The summed E-state index contributed by atoms with van der Waals surface area (Å²) in [5.74, 6) is -1.25. The Morgan fingerprint density at radius 2 is 1.81 bits per heavy atom. The molecule has 4 rings (SSSR count). The second-order valence-electron chi connectivity index (χ2n) is 7.02. The van der Waals surface area contributed by atoms with Gasteiger partial charge >= 0.3 is 0 Å². The van der Waals surface area contributed by atoms with Gasteiger partial charge in [0.1, 0.15) is 23.1 Å². The summed E-state index contributed by atoms with van der Waals surface area (Å²) in [5.41, 5.74) is 0.804. The highest BCUT2D eigenvalue weighted by molar-refractivity contribution is 6.46. The molecule has 2 aromatic carbocycles. The molecule has 1 unspecified atom stereocenters. The highest BCUT2D eigenvalue weighted by Crippen LogP contribution is 2.40. The summed E-state index contributed by atoms with van der Waals surface area (Å²) in [6.45, 7) is 2.42. The number of nitrogens with zero attached hydrogens (tertiary/aromatic N) is 1. The molecule has 1 aromatic heterocycles. The molecule has 0 bridgehead atoms. The molecule has 158 valence electrons. The second-order valence-corrected chi connectivity index (χ2v) is 7.02. The van der Waals surface area contributed by atoms with E-state index in [-0.39, 0.29) is 23.4 Å². The predicted octanol–water partition coefficient (Wildman–Crippen LogP) is 4.44. The number of ketones is 1. The molecule has 1 N–H and O–H groups in total. The topological polar surface area (TPSA) is 80.0 Å². The van der Waals surface area contributed by atoms with Crippen LogP contribution in [-0.2, 0) is 16.1 Å². The number of hydrogen-bond acceptors (Lipinski definition) is 5. The smallest absolute Gasteiger partial charge is 0.296 e. The largest absolute Gasteiger partial charge is 0.507 e. The second kappa shape index (κ2) is 8.47. The highest BCUT2D eigenvalue weighted by atomic mass is 19.1. The number of furan rings is 1. The van der Waals surface area contributed by atoms with E-state index in [1.807, 2.05) is 6.92 Å². The summed E-state index contributed by atoms with van der Waals surface area (Å²) < 4.78 is 24.2. The molecule has 1 aliphatic heterocycles. The molecule has 2 heterocycles. The number of halogens is 1. The molecule has 0 aliphatic carbocycles. The molecule has 31 heavy (non-hydrogen) atoms. The van der Waals surface area contributed by atoms with Crippen molar-refractivity contribution in [1.29, 1.82) is 0 Å². The molecule has 1 saturated heterocycles. The molecule has 0 saturated carbocycles. The number of hydrogen-bond donors (Lipinski definition) is 1. The van der Waals surface area contributed by atoms with E-state index in [1.54, 1.807) is 36.4 Å². The lowest BCUT2D eigenvalue weighted by molar-refractivity contribution is -0.140. The third kappa shape index (κ3) is 3.94. The minimum atomic E-state index is -0.842. The Labute approximate surface area is 178 Å². The summed E-state index contributed by atoms with van der Waals surface area (Å²) in [4.78, 5) is 27.2. The van der Waals surface area contributed by atoms with Crippen LogP contribution in [0, 0.1) is 5.82 Å². The Kier molecular flexibility index (Phi) is 5.58. The van der Waals surface area contributed by atoms with Crippen molar-refractivity contribution in [1.82, 2.24) is 4.90 Å². The van der Waals surface area contributed by atoms with E-state index < -0.39 is 23.5 Å². The van der Waals surface area contributed by atoms with Gasteiger partial charge in [0.2, 0.25) is 0 Å². The predicted molar refractivity (Wildman–Crippen MR) is 111 cm³/mol. The molecule has 1 atom stereocenters. The Balaban J connectivity index is 1.82. The first-order valence-corrected chi connectivity index (χ1v) is 9.79. The molecule has 6 nitrogen and oxygen atoms in total. The minimum absolute atomic E-state index is 0.0512. The van der Waals surface area contributed by atoms with Crippen molar-refractivity contribution >= 4 is 17.4 Å². The first-order valence-electron chi connectivity index (χ1n) is 9.79. The number of aliphatic hydroxyl groups is 1. The van der Waals surface area contributed by atoms with Crippen molar-refractivity contribution in [2.75, 3.05) is 6.61 Å². The summed E-state index contributed by atoms with van der Waals surface area (Å²) in [6.07, 6.45) is 1.48. The van der Waals surface area contributed by atoms with Gasteiger partial charge in [-0.2, -0.15) is 0 Å². The van der Waals surface area contributed by atoms with E-state index >= 15 is 0 Å². The maximum atomic E-state index is 13.3. The van der Waals surface area contributed by atoms with Crippen LogP contribution in [0.25, 0.3) is 5.76 Å². The van der Waals surface area contributed by atoms with Crippen molar-refractivity contribution in [3.63, 3.8) is 0 Å². The molecule has 1 fully saturated rings. The molecule has 1 amide bonds. The number of amides is 1. The van der Waals surface area contributed by atoms with E-state index in [4.69, 9.17) is 9.15 Å². The van der Waals surface area contributed by atoms with Crippen LogP contribution < -0.4 is 4.74 Å². The van der Waals surface area contributed by atoms with Crippen molar-refractivity contribution in [2.45, 2.75) is 19.5 Å². The molecular formula is C24H20FNO5. The van der Waals surface area contributed by atoms with Crippen LogP contribution in [0.4, 0.5) is 4.39 Å². The molecule has 0 spiro atoms. The number of carbonyl (C=O) groups is 2. The van der Waals surface area contributed by atoms with Crippen molar-refractivity contribution in [3.05, 3.63) is 95.2 Å². The third-order valence-electron chi connectivity index (χ3n) is 5.07. The fourth-order valence-electron chi connectivity index (χ4n) is 3.64. The van der Waals surface area contributed by atoms with Crippen LogP contribution in [0.3, 0.4) is 0 Å². The number of ether oxygens (including phenoxy) is 1. The Hall–Kier alpha value is -3.87. The fraction of sp³-hybridized carbons (Fsp3) is 0.167. The first-order chi connectivity index (χ1) is 15.0. The lowest BCUT2D eigenvalue weighted by atomic mass is 9.95. The van der Waals surface area contributed by atoms with Crippen molar-refractivity contribution < 1.29 is 28.2 Å². The standard InChI is InChI=1S/C24H20FNO5/c1-2-30-18-11-7-15(8-12-18)21-20(22(27)16-5-9-17(25)10-6-16)23(28)24(29)26(21)14-19-4-3-13-31-19/h3-13,21,27H,2,14H2,1H3/b22-20-. The van der Waals surface area contributed by atoms with Gasteiger partial charge in [0.05, 0.1) is 31.0 Å². The molecule has 0 radical (unpaired) electrons. The maximum Gasteiger partial charge on any atom is 0.296 e. The van der Waals surface area contributed by atoms with Gasteiger partial charge in [-0.3, -0.25) is 9.59 Å². The van der Waals surface area contributed by atoms with E-state index in [0.717, 1.165) is 0 Å². The summed E-state index contributed by atoms with van der Waals surface area (Å²) in [7, 11) is 0. The zero-order chi connectivity index (χ0) is 22.0. The third-order valence-corrected chi connectivity index (χ3v) is 5.07. The number of rotatable bonds is 6. The van der Waals surface area contributed by atoms with Gasteiger partial charge in [-0.1, -0.05) is 12.1 Å². The number of Topliss-reactive ketones (excluding diaryl/α,β-unsaturated/α-hetero) is 1. The minimum Gasteiger partial charge on any atom is -0.507 e. The normalized spacial score (nSPS) is 17.9. The number of benzene rings is 2. The first kappa shape index (κ1) is 20.4. The Bertz CT molecular complexity index is 1120. The van der Waals surface area contributed by atoms with Gasteiger partial charge in [0, 0.05) is 5.56 Å². The monoisotopic (exact) mass is 421 g/mol. The van der Waals surface area contributed by atoms with Crippen molar-refractivity contribution in [2.24, 2.45) is 0 Å². The van der Waals surface area contributed by atoms with Gasteiger partial charge in [-0.15, -0.1) is 0 Å². The lowest BCUT2D eigenvalue weighted by Crippen LogP contribution is -2.29. The van der Waals surface area contributed by atoms with Crippen LogP contribution in [0.5, 0.6) is 5.75 Å². The van der Waals surface area contributed by atoms with Gasteiger partial charge in [-0.25, -0.2) is 4.39 Å². The average molecular weight is 421 g/mol. The number of aliphatic hydroxyl groups excluding tert-OH is 1. The van der Waals surface area contributed by atoms with Crippen LogP contribution in [-0.4, -0.2) is 28.3 Å². The highest BCUT2D eigenvalue weighted by Gasteiger charge is 2.46. The molecule has 3 aromatic rings. The van der Waals surface area contributed by atoms with Gasteiger partial charge in [0.25, 0.3) is 11.7 Å². The lowest BCUT2D eigenvalue weighted by Gasteiger charge is -2.24. The number of carbonyl (C=O) groups excluding carboxylic acids is 2. The van der Waals surface area contributed by atoms with Crippen LogP contribution in [0.1, 0.15) is 29.9 Å². The average Bonchev–Trinajstić information content (AvgIpc) is 3.37. The quantitative estimate of drug-likeness (QED) is 0.362. The molecule has 1 aliphatic rings. The SMILES string of the molecule is CCOc1ccc(C2/C(=C(/O)c3ccc(F)cc3)C(=O)C(=O)N2Cc2ccco2)cc1. The van der Waals surface area contributed by atoms with E-state index in [2.05, 4.69) is 0 Å². The van der Waals surface area contributed by atoms with Gasteiger partial charge < -0.3 is 19.2 Å².